The topological polar surface area (TPSA) is 134 Å². The first kappa shape index (κ1) is 18.1. The van der Waals surface area contributed by atoms with Crippen LogP contribution in [0.4, 0.5) is 5.00 Å². The number of ether oxygens (including phenoxy) is 1. The summed E-state index contributed by atoms with van der Waals surface area (Å²) in [4.78, 5) is 25.5. The van der Waals surface area contributed by atoms with Crippen molar-refractivity contribution in [1.29, 1.82) is 5.26 Å². The number of nitriles is 1. The molecule has 0 aromatic carbocycles. The average Bonchev–Trinajstić information content (AvgIpc) is 3.09. The third kappa shape index (κ3) is 2.98. The van der Waals surface area contributed by atoms with E-state index in [-0.39, 0.29) is 16.8 Å². The van der Waals surface area contributed by atoms with Crippen LogP contribution in [0.3, 0.4) is 0 Å². The van der Waals surface area contributed by atoms with Gasteiger partial charge in [0.25, 0.3) is 11.8 Å². The lowest BCUT2D eigenvalue weighted by atomic mass is 9.86. The Bertz CT molecular complexity index is 948. The van der Waals surface area contributed by atoms with Gasteiger partial charge in [-0.1, -0.05) is 0 Å². The van der Waals surface area contributed by atoms with Gasteiger partial charge in [-0.3, -0.25) is 14.7 Å². The van der Waals surface area contributed by atoms with Crippen LogP contribution in [0.15, 0.2) is 6.20 Å². The molecule has 26 heavy (non-hydrogen) atoms. The zero-order chi connectivity index (χ0) is 19.3. The highest BCUT2D eigenvalue weighted by Crippen LogP contribution is 2.48. The molecule has 0 fully saturated rings. The van der Waals surface area contributed by atoms with E-state index in [1.165, 1.54) is 17.5 Å². The molecular formula is C17H19N5O3S. The molecule has 2 aromatic rings. The lowest BCUT2D eigenvalue weighted by Gasteiger charge is -2.41. The number of aromatic amines is 1. The molecule has 0 unspecified atom stereocenters. The van der Waals surface area contributed by atoms with E-state index in [1.54, 1.807) is 0 Å². The van der Waals surface area contributed by atoms with Gasteiger partial charge >= 0.3 is 0 Å². The van der Waals surface area contributed by atoms with Crippen LogP contribution in [0, 0.1) is 11.3 Å². The van der Waals surface area contributed by atoms with Gasteiger partial charge in [-0.15, -0.1) is 11.3 Å². The number of hydrogen-bond donors (Lipinski definition) is 3. The molecule has 2 aromatic heterocycles. The number of carbonyl (C=O) groups excluding carboxylic acids is 2. The quantitative estimate of drug-likeness (QED) is 0.759. The monoisotopic (exact) mass is 373 g/mol. The van der Waals surface area contributed by atoms with Gasteiger partial charge in [0.15, 0.2) is 5.69 Å². The van der Waals surface area contributed by atoms with E-state index in [1.807, 2.05) is 33.8 Å². The van der Waals surface area contributed by atoms with E-state index in [0.717, 1.165) is 10.4 Å². The molecule has 8 nitrogen and oxygen atoms in total. The smallest absolute Gasteiger partial charge is 0.278 e. The summed E-state index contributed by atoms with van der Waals surface area (Å²) < 4.78 is 6.13. The summed E-state index contributed by atoms with van der Waals surface area (Å²) in [6, 6.07) is 1.89. The van der Waals surface area contributed by atoms with E-state index < -0.39 is 23.0 Å². The van der Waals surface area contributed by atoms with E-state index >= 15 is 0 Å². The van der Waals surface area contributed by atoms with Crippen molar-refractivity contribution in [3.8, 4) is 6.07 Å². The Balaban J connectivity index is 2.07. The highest BCUT2D eigenvalue weighted by atomic mass is 32.1. The Morgan fingerprint density at radius 2 is 2.12 bits per heavy atom. The number of anilines is 1. The number of fused-ring (bicyclic) bond motifs is 1. The van der Waals surface area contributed by atoms with Crippen molar-refractivity contribution in [2.24, 2.45) is 5.73 Å². The molecule has 0 radical (unpaired) electrons. The standard InChI is InChI=1S/C17H19N5O3S/c1-16(2)5-9-10(13(19)23)15(26-12(9)17(3,4)25-16)21-14(24)11-8(6-18)7-20-22-11/h7H,5H2,1-4H3,(H2,19,23)(H,20,22)(H,21,24). The van der Waals surface area contributed by atoms with Gasteiger partial charge < -0.3 is 15.8 Å². The fourth-order valence-corrected chi connectivity index (χ4v) is 4.64. The Morgan fingerprint density at radius 1 is 1.42 bits per heavy atom. The van der Waals surface area contributed by atoms with E-state index in [0.29, 0.717) is 11.4 Å². The SMILES string of the molecule is CC1(C)Cc2c(sc(NC(=O)c3n[nH]cc3C#N)c2C(N)=O)C(C)(C)O1. The summed E-state index contributed by atoms with van der Waals surface area (Å²) >= 11 is 1.26. The van der Waals surface area contributed by atoms with Gasteiger partial charge in [-0.25, -0.2) is 0 Å². The molecule has 1 aliphatic rings. The summed E-state index contributed by atoms with van der Waals surface area (Å²) in [6.45, 7) is 7.73. The fraction of sp³-hybridized carbons (Fsp3) is 0.412. The predicted octanol–water partition coefficient (Wildman–Crippen LogP) is 2.28. The summed E-state index contributed by atoms with van der Waals surface area (Å²) in [5.74, 6) is -1.20. The Labute approximate surface area is 154 Å². The van der Waals surface area contributed by atoms with Crippen molar-refractivity contribution in [2.45, 2.75) is 45.3 Å². The Kier molecular flexibility index (Phi) is 4.13. The summed E-state index contributed by atoms with van der Waals surface area (Å²) in [5, 5.41) is 18.3. The molecular weight excluding hydrogens is 354 g/mol. The maximum absolute atomic E-state index is 12.5. The minimum atomic E-state index is -0.626. The first-order valence-electron chi connectivity index (χ1n) is 7.97. The molecule has 4 N–H and O–H groups in total. The van der Waals surface area contributed by atoms with Gasteiger partial charge in [-0.05, 0) is 33.3 Å². The minimum absolute atomic E-state index is 0.0369. The van der Waals surface area contributed by atoms with E-state index in [4.69, 9.17) is 15.7 Å². The molecule has 3 rings (SSSR count). The van der Waals surface area contributed by atoms with Crippen LogP contribution in [0.2, 0.25) is 0 Å². The van der Waals surface area contributed by atoms with Crippen molar-refractivity contribution in [3.05, 3.63) is 33.5 Å². The van der Waals surface area contributed by atoms with Crippen molar-refractivity contribution in [1.82, 2.24) is 10.2 Å². The first-order valence-corrected chi connectivity index (χ1v) is 8.79. The van der Waals surface area contributed by atoms with Crippen molar-refractivity contribution < 1.29 is 14.3 Å². The van der Waals surface area contributed by atoms with Crippen LogP contribution in [-0.4, -0.2) is 27.6 Å². The van der Waals surface area contributed by atoms with Gasteiger partial charge in [0.05, 0.1) is 16.8 Å². The Morgan fingerprint density at radius 3 is 2.73 bits per heavy atom. The van der Waals surface area contributed by atoms with Gasteiger partial charge in [0.2, 0.25) is 0 Å². The second kappa shape index (κ2) is 5.93. The third-order valence-corrected chi connectivity index (χ3v) is 5.59. The number of carbonyl (C=O) groups is 2. The number of nitrogens with two attached hydrogens (primary N) is 1. The lowest BCUT2D eigenvalue weighted by molar-refractivity contribution is -0.135. The minimum Gasteiger partial charge on any atom is -0.365 e. The van der Waals surface area contributed by atoms with E-state index in [2.05, 4.69) is 15.5 Å². The molecule has 2 amide bonds. The van der Waals surface area contributed by atoms with Crippen LogP contribution in [0.5, 0.6) is 0 Å². The summed E-state index contributed by atoms with van der Waals surface area (Å²) in [5.41, 5.74) is 5.68. The number of hydrogen-bond acceptors (Lipinski definition) is 6. The normalized spacial score (nSPS) is 17.2. The summed E-state index contributed by atoms with van der Waals surface area (Å²) in [6.07, 6.45) is 1.84. The van der Waals surface area contributed by atoms with Crippen LogP contribution in [0.1, 0.15) is 64.5 Å². The van der Waals surface area contributed by atoms with Crippen molar-refractivity contribution >= 4 is 28.2 Å². The lowest BCUT2D eigenvalue weighted by Crippen LogP contribution is -2.42. The number of nitrogens with one attached hydrogen (secondary N) is 2. The zero-order valence-corrected chi connectivity index (χ0v) is 15.7. The number of amides is 2. The largest absolute Gasteiger partial charge is 0.365 e. The average molecular weight is 373 g/mol. The van der Waals surface area contributed by atoms with Crippen LogP contribution < -0.4 is 11.1 Å². The number of thiophene rings is 1. The summed E-state index contributed by atoms with van der Waals surface area (Å²) in [7, 11) is 0. The maximum atomic E-state index is 12.5. The highest BCUT2D eigenvalue weighted by molar-refractivity contribution is 7.17. The molecule has 0 aliphatic carbocycles. The molecule has 3 heterocycles. The molecule has 0 spiro atoms. The van der Waals surface area contributed by atoms with Crippen molar-refractivity contribution in [2.75, 3.05) is 5.32 Å². The molecule has 0 saturated carbocycles. The van der Waals surface area contributed by atoms with Crippen LogP contribution >= 0.6 is 11.3 Å². The van der Waals surface area contributed by atoms with Gasteiger partial charge in [0, 0.05) is 17.5 Å². The van der Waals surface area contributed by atoms with Gasteiger partial charge in [0.1, 0.15) is 16.6 Å². The zero-order valence-electron chi connectivity index (χ0n) is 14.9. The van der Waals surface area contributed by atoms with E-state index in [9.17, 15) is 9.59 Å². The van der Waals surface area contributed by atoms with Crippen LogP contribution in [-0.2, 0) is 16.8 Å². The highest BCUT2D eigenvalue weighted by Gasteiger charge is 2.43. The maximum Gasteiger partial charge on any atom is 0.278 e. The number of H-pyrrole nitrogens is 1. The molecule has 0 atom stereocenters. The third-order valence-electron chi connectivity index (χ3n) is 4.14. The second-order valence-corrected chi connectivity index (χ2v) is 8.26. The number of rotatable bonds is 3. The first-order chi connectivity index (χ1) is 12.1. The second-order valence-electron chi connectivity index (χ2n) is 7.24. The number of nitrogens with zero attached hydrogens (tertiary/aromatic N) is 2. The van der Waals surface area contributed by atoms with Gasteiger partial charge in [-0.2, -0.15) is 10.4 Å². The molecule has 9 heteroatoms. The number of aromatic nitrogens is 2. The van der Waals surface area contributed by atoms with Crippen molar-refractivity contribution in [3.63, 3.8) is 0 Å². The molecule has 0 bridgehead atoms. The molecule has 136 valence electrons. The molecule has 1 aliphatic heterocycles. The molecule has 0 saturated heterocycles. The predicted molar refractivity (Wildman–Crippen MR) is 96.0 cm³/mol. The number of primary amides is 1. The van der Waals surface area contributed by atoms with Crippen LogP contribution in [0.25, 0.3) is 0 Å². The fourth-order valence-electron chi connectivity index (χ4n) is 3.38. The Hall–Kier alpha value is -2.70.